The molecular formula is C15H26N2. The number of rotatable bonds is 8. The number of nitrogens with one attached hydrogen (secondary N) is 2. The summed E-state index contributed by atoms with van der Waals surface area (Å²) in [6, 6.07) is 9.24. The molecule has 1 aromatic rings. The van der Waals surface area contributed by atoms with Crippen molar-refractivity contribution >= 4 is 0 Å². The Bertz CT molecular complexity index is 308. The zero-order chi connectivity index (χ0) is 12.5. The smallest absolute Gasteiger partial charge is 0.00790 e. The van der Waals surface area contributed by atoms with E-state index in [9.17, 15) is 0 Å². The fourth-order valence-electron chi connectivity index (χ4n) is 1.87. The van der Waals surface area contributed by atoms with Crippen LogP contribution < -0.4 is 10.6 Å². The van der Waals surface area contributed by atoms with Gasteiger partial charge in [0.1, 0.15) is 0 Å². The summed E-state index contributed by atoms with van der Waals surface area (Å²) in [5.41, 5.74) is 2.89. The van der Waals surface area contributed by atoms with Crippen molar-refractivity contribution in [2.45, 2.75) is 39.7 Å². The van der Waals surface area contributed by atoms with Gasteiger partial charge in [-0.2, -0.15) is 0 Å². The van der Waals surface area contributed by atoms with Crippen molar-refractivity contribution in [1.82, 2.24) is 10.6 Å². The van der Waals surface area contributed by atoms with Crippen molar-refractivity contribution in [3.05, 3.63) is 35.4 Å². The number of hydrogen-bond donors (Lipinski definition) is 2. The minimum Gasteiger partial charge on any atom is -0.315 e. The first-order chi connectivity index (χ1) is 8.20. The van der Waals surface area contributed by atoms with Crippen LogP contribution in [0.1, 0.15) is 31.4 Å². The molecule has 0 spiro atoms. The van der Waals surface area contributed by atoms with Crippen molar-refractivity contribution in [2.24, 2.45) is 0 Å². The molecule has 0 saturated heterocycles. The molecule has 17 heavy (non-hydrogen) atoms. The second-order valence-electron chi connectivity index (χ2n) is 4.89. The normalized spacial score (nSPS) is 11.1. The first-order valence-electron chi connectivity index (χ1n) is 6.68. The van der Waals surface area contributed by atoms with Crippen LogP contribution in [0.4, 0.5) is 0 Å². The van der Waals surface area contributed by atoms with Crippen LogP contribution in [0, 0.1) is 6.92 Å². The fourth-order valence-corrected chi connectivity index (χ4v) is 1.87. The largest absolute Gasteiger partial charge is 0.315 e. The van der Waals surface area contributed by atoms with E-state index in [-0.39, 0.29) is 0 Å². The van der Waals surface area contributed by atoms with Gasteiger partial charge >= 0.3 is 0 Å². The highest BCUT2D eigenvalue weighted by atomic mass is 14.9. The topological polar surface area (TPSA) is 24.1 Å². The van der Waals surface area contributed by atoms with Crippen LogP contribution in [-0.4, -0.2) is 25.7 Å². The lowest BCUT2D eigenvalue weighted by Gasteiger charge is -2.09. The first kappa shape index (κ1) is 14.2. The molecule has 2 N–H and O–H groups in total. The molecule has 2 heteroatoms. The first-order valence-corrected chi connectivity index (χ1v) is 6.68. The highest BCUT2D eigenvalue weighted by molar-refractivity contribution is 5.25. The number of hydrogen-bond acceptors (Lipinski definition) is 2. The summed E-state index contributed by atoms with van der Waals surface area (Å²) in [6.07, 6.45) is 2.39. The van der Waals surface area contributed by atoms with Gasteiger partial charge in [-0.05, 0) is 37.4 Å². The zero-order valence-electron chi connectivity index (χ0n) is 11.4. The van der Waals surface area contributed by atoms with Gasteiger partial charge in [0.05, 0.1) is 0 Å². The van der Waals surface area contributed by atoms with Gasteiger partial charge < -0.3 is 10.6 Å². The molecular weight excluding hydrogens is 208 g/mol. The molecule has 1 aromatic carbocycles. The average Bonchev–Trinajstić information content (AvgIpc) is 2.30. The molecule has 0 radical (unpaired) electrons. The third-order valence-electron chi connectivity index (χ3n) is 2.92. The van der Waals surface area contributed by atoms with Crippen LogP contribution in [-0.2, 0) is 6.42 Å². The lowest BCUT2D eigenvalue weighted by Crippen LogP contribution is -2.32. The highest BCUT2D eigenvalue weighted by Gasteiger charge is 1.96. The molecule has 0 atom stereocenters. The lowest BCUT2D eigenvalue weighted by atomic mass is 10.0. The van der Waals surface area contributed by atoms with Gasteiger partial charge in [0.25, 0.3) is 0 Å². The molecule has 0 aliphatic carbocycles. The van der Waals surface area contributed by atoms with E-state index in [0.717, 1.165) is 19.6 Å². The summed E-state index contributed by atoms with van der Waals surface area (Å²) < 4.78 is 0. The van der Waals surface area contributed by atoms with E-state index in [2.05, 4.69) is 55.7 Å². The maximum absolute atomic E-state index is 3.47. The maximum atomic E-state index is 3.47. The Morgan fingerprint density at radius 3 is 2.53 bits per heavy atom. The summed E-state index contributed by atoms with van der Waals surface area (Å²) in [5, 5.41) is 6.87. The van der Waals surface area contributed by atoms with E-state index in [0.29, 0.717) is 6.04 Å². The Hall–Kier alpha value is -0.860. The Labute approximate surface area is 106 Å². The molecule has 0 heterocycles. The molecule has 0 aliphatic heterocycles. The molecule has 0 unspecified atom stereocenters. The van der Waals surface area contributed by atoms with E-state index in [1.54, 1.807) is 0 Å². The molecule has 0 amide bonds. The van der Waals surface area contributed by atoms with E-state index >= 15 is 0 Å². The van der Waals surface area contributed by atoms with Gasteiger partial charge in [-0.3, -0.25) is 0 Å². The highest BCUT2D eigenvalue weighted by Crippen LogP contribution is 2.08. The molecule has 0 saturated carbocycles. The third-order valence-corrected chi connectivity index (χ3v) is 2.92. The van der Waals surface area contributed by atoms with E-state index in [1.807, 2.05) is 0 Å². The van der Waals surface area contributed by atoms with Gasteiger partial charge in [-0.15, -0.1) is 0 Å². The van der Waals surface area contributed by atoms with E-state index in [1.165, 1.54) is 24.0 Å². The predicted octanol–water partition coefficient (Wildman–Crippen LogP) is 2.52. The molecule has 0 bridgehead atoms. The average molecular weight is 234 g/mol. The summed E-state index contributed by atoms with van der Waals surface area (Å²) >= 11 is 0. The van der Waals surface area contributed by atoms with Crippen molar-refractivity contribution in [1.29, 1.82) is 0 Å². The van der Waals surface area contributed by atoms with Crippen LogP contribution in [0.15, 0.2) is 24.3 Å². The summed E-state index contributed by atoms with van der Waals surface area (Å²) in [6.45, 7) is 9.77. The fraction of sp³-hybridized carbons (Fsp3) is 0.600. The van der Waals surface area contributed by atoms with Crippen LogP contribution in [0.5, 0.6) is 0 Å². The van der Waals surface area contributed by atoms with Crippen LogP contribution in [0.25, 0.3) is 0 Å². The maximum Gasteiger partial charge on any atom is 0.00790 e. The summed E-state index contributed by atoms with van der Waals surface area (Å²) in [4.78, 5) is 0. The van der Waals surface area contributed by atoms with Crippen molar-refractivity contribution in [2.75, 3.05) is 19.6 Å². The minimum absolute atomic E-state index is 0.587. The Kier molecular flexibility index (Phi) is 6.90. The van der Waals surface area contributed by atoms with Gasteiger partial charge in [0.15, 0.2) is 0 Å². The van der Waals surface area contributed by atoms with Crippen molar-refractivity contribution < 1.29 is 0 Å². The van der Waals surface area contributed by atoms with E-state index in [4.69, 9.17) is 0 Å². The second kappa shape index (κ2) is 8.26. The third kappa shape index (κ3) is 6.44. The zero-order valence-corrected chi connectivity index (χ0v) is 11.4. The van der Waals surface area contributed by atoms with Gasteiger partial charge in [-0.25, -0.2) is 0 Å². The lowest BCUT2D eigenvalue weighted by molar-refractivity contribution is 0.550. The number of benzene rings is 1. The van der Waals surface area contributed by atoms with Crippen LogP contribution in [0.2, 0.25) is 0 Å². The molecule has 0 fully saturated rings. The molecule has 0 aliphatic rings. The predicted molar refractivity (Wildman–Crippen MR) is 75.5 cm³/mol. The van der Waals surface area contributed by atoms with Crippen molar-refractivity contribution in [3.63, 3.8) is 0 Å². The standard InChI is InChI=1S/C15H26N2/c1-13(2)17-12-11-16-10-6-9-15-8-5-4-7-14(15)3/h4-5,7-8,13,16-17H,6,9-12H2,1-3H3. The molecule has 96 valence electrons. The van der Waals surface area contributed by atoms with Crippen molar-refractivity contribution in [3.8, 4) is 0 Å². The number of aryl methyl sites for hydroxylation is 2. The van der Waals surface area contributed by atoms with Gasteiger partial charge in [-0.1, -0.05) is 38.1 Å². The minimum atomic E-state index is 0.587. The monoisotopic (exact) mass is 234 g/mol. The van der Waals surface area contributed by atoms with Gasteiger partial charge in [0, 0.05) is 19.1 Å². The summed E-state index contributed by atoms with van der Waals surface area (Å²) in [5.74, 6) is 0. The summed E-state index contributed by atoms with van der Waals surface area (Å²) in [7, 11) is 0. The molecule has 0 aromatic heterocycles. The molecule has 1 rings (SSSR count). The van der Waals surface area contributed by atoms with Crippen LogP contribution in [0.3, 0.4) is 0 Å². The Morgan fingerprint density at radius 1 is 1.06 bits per heavy atom. The van der Waals surface area contributed by atoms with Crippen LogP contribution >= 0.6 is 0 Å². The van der Waals surface area contributed by atoms with E-state index < -0.39 is 0 Å². The second-order valence-corrected chi connectivity index (χ2v) is 4.89. The molecule has 2 nitrogen and oxygen atoms in total. The Balaban J connectivity index is 2.03. The van der Waals surface area contributed by atoms with Gasteiger partial charge in [0.2, 0.25) is 0 Å². The Morgan fingerprint density at radius 2 is 1.82 bits per heavy atom. The SMILES string of the molecule is Cc1ccccc1CCCNCCNC(C)C. The quantitative estimate of drug-likeness (QED) is 0.675.